The van der Waals surface area contributed by atoms with E-state index < -0.39 is 0 Å². The molecule has 1 heterocycles. The molecule has 1 unspecified atom stereocenters. The Morgan fingerprint density at radius 2 is 1.81 bits per heavy atom. The molecule has 2 aromatic rings. The highest BCUT2D eigenvalue weighted by atomic mass is 79.9. The summed E-state index contributed by atoms with van der Waals surface area (Å²) in [6.07, 6.45) is 1.91. The molecule has 4 heteroatoms. The second kappa shape index (κ2) is 6.20. The molecule has 108 valence electrons. The minimum absolute atomic E-state index is 0.00372. The molecule has 3 rings (SSSR count). The summed E-state index contributed by atoms with van der Waals surface area (Å²) in [5.74, 6) is 0.00372. The Morgan fingerprint density at radius 1 is 1.10 bits per heavy atom. The second-order valence-corrected chi connectivity index (χ2v) is 6.54. The van der Waals surface area contributed by atoms with Crippen molar-refractivity contribution in [1.82, 2.24) is 5.32 Å². The van der Waals surface area contributed by atoms with E-state index in [1.54, 1.807) is 0 Å². The molecule has 0 aromatic heterocycles. The second-order valence-electron chi connectivity index (χ2n) is 5.19. The fraction of sp³-hybridized carbons (Fsp3) is 0.235. The number of fused-ring (bicyclic) bond motifs is 1. The van der Waals surface area contributed by atoms with Gasteiger partial charge in [-0.3, -0.25) is 4.79 Å². The molecule has 1 N–H and O–H groups in total. The van der Waals surface area contributed by atoms with Crippen molar-refractivity contribution in [3.8, 4) is 0 Å². The molecule has 1 aliphatic rings. The van der Waals surface area contributed by atoms with Crippen LogP contribution in [0, 0.1) is 0 Å². The van der Waals surface area contributed by atoms with E-state index in [2.05, 4.69) is 21.2 Å². The van der Waals surface area contributed by atoms with Crippen molar-refractivity contribution in [2.75, 3.05) is 6.54 Å². The van der Waals surface area contributed by atoms with Crippen LogP contribution in [-0.2, 0) is 6.42 Å². The maximum atomic E-state index is 12.1. The number of amides is 1. The fourth-order valence-corrected chi connectivity index (χ4v) is 3.13. The third-order valence-electron chi connectivity index (χ3n) is 3.74. The van der Waals surface area contributed by atoms with Gasteiger partial charge in [0.2, 0.25) is 0 Å². The van der Waals surface area contributed by atoms with Gasteiger partial charge in [-0.15, -0.1) is 11.6 Å². The molecule has 2 nitrogen and oxygen atoms in total. The molecule has 0 bridgehead atoms. The van der Waals surface area contributed by atoms with Crippen LogP contribution >= 0.6 is 27.5 Å². The predicted octanol–water partition coefficient (Wildman–Crippen LogP) is 4.45. The number of carbonyl (C=O) groups is 1. The first kappa shape index (κ1) is 14.6. The van der Waals surface area contributed by atoms with Crippen molar-refractivity contribution in [1.29, 1.82) is 0 Å². The molecule has 1 atom stereocenters. The lowest BCUT2D eigenvalue weighted by Crippen LogP contribution is -2.22. The molecule has 0 radical (unpaired) electrons. The zero-order chi connectivity index (χ0) is 14.8. The minimum atomic E-state index is -0.251. The lowest BCUT2D eigenvalue weighted by atomic mass is 9.97. The van der Waals surface area contributed by atoms with Gasteiger partial charge in [-0.05, 0) is 47.7 Å². The molecule has 0 fully saturated rings. The number of nitrogens with one attached hydrogen (secondary N) is 1. The number of benzene rings is 2. The average Bonchev–Trinajstić information content (AvgIpc) is 2.69. The maximum Gasteiger partial charge on any atom is 0.251 e. The number of aryl methyl sites for hydroxylation is 1. The molecule has 1 aliphatic heterocycles. The van der Waals surface area contributed by atoms with E-state index in [0.29, 0.717) is 0 Å². The summed E-state index contributed by atoms with van der Waals surface area (Å²) >= 11 is 9.99. The summed E-state index contributed by atoms with van der Waals surface area (Å²) < 4.78 is 1.02. The summed E-state index contributed by atoms with van der Waals surface area (Å²) in [6, 6.07) is 13.9. The van der Waals surface area contributed by atoms with Crippen molar-refractivity contribution in [3.63, 3.8) is 0 Å². The fourth-order valence-electron chi connectivity index (χ4n) is 2.58. The zero-order valence-corrected chi connectivity index (χ0v) is 13.7. The molecule has 1 amide bonds. The van der Waals surface area contributed by atoms with Crippen LogP contribution in [0.4, 0.5) is 0 Å². The maximum absolute atomic E-state index is 12.1. The highest BCUT2D eigenvalue weighted by Gasteiger charge is 2.18. The Hall–Kier alpha value is -1.32. The van der Waals surface area contributed by atoms with Crippen LogP contribution in [-0.4, -0.2) is 12.5 Å². The standard InChI is InChI=1S/C17H15BrClNO/c18-14-7-5-12(6-8-14)16(19)13-4-3-11-2-1-9-20-17(21)15(11)10-13/h3-8,10,16H,1-2,9H2,(H,20,21). The van der Waals surface area contributed by atoms with Crippen LogP contribution in [0.1, 0.15) is 38.8 Å². The molecule has 0 aliphatic carbocycles. The van der Waals surface area contributed by atoms with Gasteiger partial charge in [0.05, 0.1) is 5.38 Å². The summed E-state index contributed by atoms with van der Waals surface area (Å²) in [7, 11) is 0. The number of carbonyl (C=O) groups excluding carboxylic acids is 1. The Kier molecular flexibility index (Phi) is 4.32. The summed E-state index contributed by atoms with van der Waals surface area (Å²) in [5.41, 5.74) is 3.84. The third-order valence-corrected chi connectivity index (χ3v) is 4.77. The van der Waals surface area contributed by atoms with Crippen molar-refractivity contribution in [2.24, 2.45) is 0 Å². The lowest BCUT2D eigenvalue weighted by molar-refractivity contribution is 0.0956. The number of hydrogen-bond acceptors (Lipinski definition) is 1. The Balaban J connectivity index is 1.96. The van der Waals surface area contributed by atoms with Gasteiger partial charge in [0, 0.05) is 16.6 Å². The first-order valence-corrected chi connectivity index (χ1v) is 8.18. The van der Waals surface area contributed by atoms with Crippen LogP contribution in [0.15, 0.2) is 46.9 Å². The third kappa shape index (κ3) is 3.14. The SMILES string of the molecule is O=C1NCCCc2ccc(C(Cl)c3ccc(Br)cc3)cc21. The van der Waals surface area contributed by atoms with Gasteiger partial charge in [-0.25, -0.2) is 0 Å². The van der Waals surface area contributed by atoms with E-state index in [1.165, 1.54) is 0 Å². The van der Waals surface area contributed by atoms with Crippen molar-refractivity contribution >= 4 is 33.4 Å². The van der Waals surface area contributed by atoms with Gasteiger partial charge >= 0.3 is 0 Å². The van der Waals surface area contributed by atoms with Gasteiger partial charge in [0.25, 0.3) is 5.91 Å². The van der Waals surface area contributed by atoms with Gasteiger partial charge in [0.15, 0.2) is 0 Å². The first-order chi connectivity index (χ1) is 10.1. The average molecular weight is 365 g/mol. The van der Waals surface area contributed by atoms with Crippen LogP contribution in [0.5, 0.6) is 0 Å². The minimum Gasteiger partial charge on any atom is -0.352 e. The molecule has 0 saturated carbocycles. The molecule has 0 spiro atoms. The number of alkyl halides is 1. The smallest absolute Gasteiger partial charge is 0.251 e. The summed E-state index contributed by atoms with van der Waals surface area (Å²) in [4.78, 5) is 12.1. The van der Waals surface area contributed by atoms with Crippen molar-refractivity contribution in [2.45, 2.75) is 18.2 Å². The normalized spacial score (nSPS) is 15.8. The van der Waals surface area contributed by atoms with E-state index in [9.17, 15) is 4.79 Å². The monoisotopic (exact) mass is 363 g/mol. The molecular formula is C17H15BrClNO. The quantitative estimate of drug-likeness (QED) is 0.784. The zero-order valence-electron chi connectivity index (χ0n) is 11.4. The Labute approximate surface area is 137 Å². The van der Waals surface area contributed by atoms with Gasteiger partial charge in [0.1, 0.15) is 0 Å². The van der Waals surface area contributed by atoms with E-state index >= 15 is 0 Å². The number of halogens is 2. The van der Waals surface area contributed by atoms with E-state index in [4.69, 9.17) is 11.6 Å². The summed E-state index contributed by atoms with van der Waals surface area (Å²) in [5, 5.41) is 2.68. The summed E-state index contributed by atoms with van der Waals surface area (Å²) in [6.45, 7) is 0.736. The Bertz CT molecular complexity index is 669. The van der Waals surface area contributed by atoms with Crippen LogP contribution in [0.3, 0.4) is 0 Å². The number of hydrogen-bond donors (Lipinski definition) is 1. The van der Waals surface area contributed by atoms with Crippen LogP contribution in [0.2, 0.25) is 0 Å². The van der Waals surface area contributed by atoms with E-state index in [0.717, 1.165) is 46.1 Å². The molecule has 2 aromatic carbocycles. The van der Waals surface area contributed by atoms with Crippen LogP contribution < -0.4 is 5.32 Å². The highest BCUT2D eigenvalue weighted by molar-refractivity contribution is 9.10. The Morgan fingerprint density at radius 3 is 2.57 bits per heavy atom. The van der Waals surface area contributed by atoms with Gasteiger partial charge in [-0.1, -0.05) is 40.2 Å². The van der Waals surface area contributed by atoms with Gasteiger partial charge < -0.3 is 5.32 Å². The largest absolute Gasteiger partial charge is 0.352 e. The molecule has 21 heavy (non-hydrogen) atoms. The lowest BCUT2D eigenvalue weighted by Gasteiger charge is -2.13. The van der Waals surface area contributed by atoms with Crippen molar-refractivity contribution < 1.29 is 4.79 Å². The highest BCUT2D eigenvalue weighted by Crippen LogP contribution is 2.31. The predicted molar refractivity (Wildman–Crippen MR) is 88.9 cm³/mol. The molecular weight excluding hydrogens is 350 g/mol. The van der Waals surface area contributed by atoms with E-state index in [-0.39, 0.29) is 11.3 Å². The molecule has 0 saturated heterocycles. The van der Waals surface area contributed by atoms with Crippen LogP contribution in [0.25, 0.3) is 0 Å². The number of rotatable bonds is 2. The van der Waals surface area contributed by atoms with E-state index in [1.807, 2.05) is 42.5 Å². The topological polar surface area (TPSA) is 29.1 Å². The van der Waals surface area contributed by atoms with Crippen molar-refractivity contribution in [3.05, 3.63) is 69.2 Å². The first-order valence-electron chi connectivity index (χ1n) is 6.96. The van der Waals surface area contributed by atoms with Gasteiger partial charge in [-0.2, -0.15) is 0 Å².